The first-order valence-electron chi connectivity index (χ1n) is 27.1. The van der Waals surface area contributed by atoms with Crippen LogP contribution in [0.5, 0.6) is 0 Å². The first-order valence-corrected chi connectivity index (χ1v) is 27.1. The summed E-state index contributed by atoms with van der Waals surface area (Å²) in [7, 11) is 0. The number of para-hydroxylation sites is 7. The molecule has 77 heavy (non-hydrogen) atoms. The molecule has 0 bridgehead atoms. The van der Waals surface area contributed by atoms with Gasteiger partial charge in [-0.3, -0.25) is 0 Å². The average molecular weight is 993 g/mol. The number of anilines is 12. The van der Waals surface area contributed by atoms with Gasteiger partial charge in [0.1, 0.15) is 0 Å². The molecule has 2 aliphatic heterocycles. The van der Waals surface area contributed by atoms with E-state index in [4.69, 9.17) is 0 Å². The maximum Gasteiger partial charge on any atom is 0.0756 e. The fourth-order valence-electron chi connectivity index (χ4n) is 12.9. The summed E-state index contributed by atoms with van der Waals surface area (Å²) in [5, 5.41) is 2.41. The van der Waals surface area contributed by atoms with Crippen molar-refractivity contribution in [3.63, 3.8) is 0 Å². The molecule has 0 radical (unpaired) electrons. The van der Waals surface area contributed by atoms with Gasteiger partial charge in [-0.05, 0) is 164 Å². The van der Waals surface area contributed by atoms with Crippen LogP contribution in [0, 0.1) is 0 Å². The van der Waals surface area contributed by atoms with Crippen LogP contribution >= 0.6 is 0 Å². The van der Waals surface area contributed by atoms with Crippen LogP contribution < -0.4 is 19.6 Å². The molecule has 4 nitrogen and oxygen atoms in total. The lowest BCUT2D eigenvalue weighted by atomic mass is 9.64. The van der Waals surface area contributed by atoms with Crippen molar-refractivity contribution in [2.24, 2.45) is 0 Å². The molecule has 0 amide bonds. The smallest absolute Gasteiger partial charge is 0.0756 e. The van der Waals surface area contributed by atoms with E-state index in [9.17, 15) is 0 Å². The number of hydrogen-bond donors (Lipinski definition) is 0. The molecular formula is C73H60N4. The minimum Gasteiger partial charge on any atom is -0.310 e. The Hall–Kier alpha value is -9.12. The number of fused-ring (bicyclic) bond motifs is 13. The summed E-state index contributed by atoms with van der Waals surface area (Å²) in [6.45, 7) is 13.7. The highest BCUT2D eigenvalue weighted by Gasteiger charge is 2.55. The van der Waals surface area contributed by atoms with Gasteiger partial charge in [-0.2, -0.15) is 0 Å². The highest BCUT2D eigenvalue weighted by atomic mass is 15.3. The molecule has 3 aliphatic rings. The van der Waals surface area contributed by atoms with E-state index in [2.05, 4.69) is 316 Å². The summed E-state index contributed by atoms with van der Waals surface area (Å²) in [4.78, 5) is 9.97. The molecule has 0 saturated carbocycles. The van der Waals surface area contributed by atoms with Crippen LogP contribution in [0.1, 0.15) is 74.9 Å². The topological polar surface area (TPSA) is 13.0 Å². The minimum atomic E-state index is -0.802. The Balaban J connectivity index is 1.12. The standard InChI is InChI=1S/C73H60N4/c1-71(2,3)49-37-41-54(42-38-49)74(51-23-10-7-11-24-51)56-45-46-59-62(47-56)73(60-31-18-19-33-64(60)77-66-35-21-20-34-65(66)76(53-27-14-9-15-28-53)67-36-22-32-61(73)70(67)77)63-48-68(57-29-16-17-30-58(57)69(59)63)75(52-25-12-8-13-26-52)55-43-39-50(40-44-55)72(4,5)6/h7-48H,1-6H3. The van der Waals surface area contributed by atoms with Gasteiger partial charge in [-0.1, -0.05) is 193 Å². The predicted octanol–water partition coefficient (Wildman–Crippen LogP) is 20.3. The molecule has 0 N–H and O–H groups in total. The van der Waals surface area contributed by atoms with Crippen molar-refractivity contribution in [2.45, 2.75) is 57.8 Å². The molecule has 11 aromatic rings. The quantitative estimate of drug-likeness (QED) is 0.158. The second-order valence-corrected chi connectivity index (χ2v) is 23.0. The van der Waals surface area contributed by atoms with Crippen LogP contribution in [0.4, 0.5) is 68.2 Å². The summed E-state index contributed by atoms with van der Waals surface area (Å²) in [5.41, 5.74) is 22.9. The molecule has 1 unspecified atom stereocenters. The van der Waals surface area contributed by atoms with E-state index in [0.29, 0.717) is 0 Å². The van der Waals surface area contributed by atoms with Crippen LogP contribution in [-0.4, -0.2) is 0 Å². The van der Waals surface area contributed by atoms with Crippen molar-refractivity contribution in [1.82, 2.24) is 0 Å². The van der Waals surface area contributed by atoms with E-state index in [1.54, 1.807) is 0 Å². The third-order valence-electron chi connectivity index (χ3n) is 16.4. The molecule has 4 heteroatoms. The number of rotatable bonds is 7. The van der Waals surface area contributed by atoms with Crippen molar-refractivity contribution < 1.29 is 0 Å². The largest absolute Gasteiger partial charge is 0.310 e. The molecular weight excluding hydrogens is 933 g/mol. The number of nitrogens with zero attached hydrogens (tertiary/aromatic N) is 4. The van der Waals surface area contributed by atoms with Crippen molar-refractivity contribution >= 4 is 79.0 Å². The Morgan fingerprint density at radius 3 is 1.42 bits per heavy atom. The third-order valence-corrected chi connectivity index (χ3v) is 16.4. The van der Waals surface area contributed by atoms with Crippen molar-refractivity contribution in [2.75, 3.05) is 19.6 Å². The summed E-state index contributed by atoms with van der Waals surface area (Å²) in [6.07, 6.45) is 0. The van der Waals surface area contributed by atoms with E-state index in [0.717, 1.165) is 56.9 Å². The van der Waals surface area contributed by atoms with Crippen LogP contribution in [0.3, 0.4) is 0 Å². The van der Waals surface area contributed by atoms with Gasteiger partial charge in [0.05, 0.1) is 39.5 Å². The van der Waals surface area contributed by atoms with Crippen LogP contribution in [-0.2, 0) is 16.2 Å². The highest BCUT2D eigenvalue weighted by molar-refractivity contribution is 6.14. The SMILES string of the molecule is CC(C)(C)c1ccc(N(c2ccccc2)c2ccc3c(c2)C2(c4ccccc4N4c5ccccc5N(c5ccccc5)c5cccc2c54)c2cc(N(c4ccccc4)c4ccc(C(C)(C)C)cc4)c4ccccc4c2-3)cc1. The summed E-state index contributed by atoms with van der Waals surface area (Å²) in [6, 6.07) is 95.4. The Labute approximate surface area is 453 Å². The van der Waals surface area contributed by atoms with Gasteiger partial charge in [-0.25, -0.2) is 0 Å². The van der Waals surface area contributed by atoms with Gasteiger partial charge in [0.2, 0.25) is 0 Å². The molecule has 1 atom stereocenters. The van der Waals surface area contributed by atoms with E-state index in [1.165, 1.54) is 66.7 Å². The second-order valence-electron chi connectivity index (χ2n) is 23.0. The minimum absolute atomic E-state index is 0.00698. The molecule has 0 aromatic heterocycles. The molecule has 14 rings (SSSR count). The van der Waals surface area contributed by atoms with E-state index >= 15 is 0 Å². The fourth-order valence-corrected chi connectivity index (χ4v) is 12.9. The zero-order chi connectivity index (χ0) is 52.2. The number of benzene rings is 11. The van der Waals surface area contributed by atoms with E-state index < -0.39 is 5.41 Å². The van der Waals surface area contributed by atoms with E-state index in [-0.39, 0.29) is 10.8 Å². The summed E-state index contributed by atoms with van der Waals surface area (Å²) >= 11 is 0. The lowest BCUT2D eigenvalue weighted by Gasteiger charge is -2.50. The monoisotopic (exact) mass is 992 g/mol. The third kappa shape index (κ3) is 7.12. The van der Waals surface area contributed by atoms with Crippen LogP contribution in [0.25, 0.3) is 21.9 Å². The van der Waals surface area contributed by atoms with Gasteiger partial charge in [-0.15, -0.1) is 0 Å². The number of hydrogen-bond acceptors (Lipinski definition) is 4. The van der Waals surface area contributed by atoms with Crippen molar-refractivity contribution in [1.29, 1.82) is 0 Å². The van der Waals surface area contributed by atoms with Gasteiger partial charge in [0.25, 0.3) is 0 Å². The van der Waals surface area contributed by atoms with Crippen molar-refractivity contribution in [3.05, 3.63) is 288 Å². The molecule has 372 valence electrons. The maximum atomic E-state index is 2.57. The lowest BCUT2D eigenvalue weighted by molar-refractivity contribution is 0.590. The molecule has 0 fully saturated rings. The Morgan fingerprint density at radius 1 is 0.325 bits per heavy atom. The average Bonchev–Trinajstić information content (AvgIpc) is 3.94. The van der Waals surface area contributed by atoms with Gasteiger partial charge >= 0.3 is 0 Å². The van der Waals surface area contributed by atoms with Crippen LogP contribution in [0.15, 0.2) is 255 Å². The normalized spacial score (nSPS) is 14.9. The van der Waals surface area contributed by atoms with Gasteiger partial charge < -0.3 is 19.6 Å². The molecule has 1 spiro atoms. The van der Waals surface area contributed by atoms with E-state index in [1.807, 2.05) is 0 Å². The fraction of sp³-hybridized carbons (Fsp3) is 0.123. The summed E-state index contributed by atoms with van der Waals surface area (Å²) in [5.74, 6) is 0. The van der Waals surface area contributed by atoms with Crippen LogP contribution in [0.2, 0.25) is 0 Å². The Morgan fingerprint density at radius 2 is 0.792 bits per heavy atom. The van der Waals surface area contributed by atoms with Gasteiger partial charge in [0.15, 0.2) is 0 Å². The molecule has 1 aliphatic carbocycles. The second kappa shape index (κ2) is 17.5. The predicted molar refractivity (Wildman–Crippen MR) is 325 cm³/mol. The maximum absolute atomic E-state index is 2.57. The summed E-state index contributed by atoms with van der Waals surface area (Å²) < 4.78 is 0. The lowest BCUT2D eigenvalue weighted by Crippen LogP contribution is -2.38. The zero-order valence-electron chi connectivity index (χ0n) is 44.5. The van der Waals surface area contributed by atoms with Crippen molar-refractivity contribution in [3.8, 4) is 11.1 Å². The highest BCUT2D eigenvalue weighted by Crippen LogP contribution is 2.69. The first-order chi connectivity index (χ1) is 37.5. The zero-order valence-corrected chi connectivity index (χ0v) is 44.5. The molecule has 2 heterocycles. The Bertz CT molecular complexity index is 4060. The Kier molecular flexibility index (Phi) is 10.5. The molecule has 0 saturated heterocycles. The molecule has 11 aromatic carbocycles. The van der Waals surface area contributed by atoms with Gasteiger partial charge in [0, 0.05) is 39.5 Å². The first kappa shape index (κ1) is 46.4.